The lowest BCUT2D eigenvalue weighted by atomic mass is 10.2. The van der Waals surface area contributed by atoms with Crippen LogP contribution < -0.4 is 5.32 Å². The van der Waals surface area contributed by atoms with Gasteiger partial charge in [-0.1, -0.05) is 0 Å². The number of nitrogens with zero attached hydrogens (tertiary/aromatic N) is 2. The Morgan fingerprint density at radius 3 is 2.55 bits per heavy atom. The number of nitro groups is 1. The number of nitrogens with one attached hydrogen (secondary N) is 1. The minimum Gasteiger partial charge on any atom is -0.321 e. The lowest BCUT2D eigenvalue weighted by Crippen LogP contribution is -2.13. The summed E-state index contributed by atoms with van der Waals surface area (Å²) < 4.78 is 1.07. The molecule has 20 heavy (non-hydrogen) atoms. The van der Waals surface area contributed by atoms with Gasteiger partial charge in [0.2, 0.25) is 0 Å². The highest BCUT2D eigenvalue weighted by molar-refractivity contribution is 9.10. The van der Waals surface area contributed by atoms with Crippen LogP contribution in [0, 0.1) is 10.1 Å². The van der Waals surface area contributed by atoms with E-state index in [1.165, 1.54) is 24.4 Å². The Hall–Kier alpha value is -1.80. The van der Waals surface area contributed by atoms with Gasteiger partial charge in [0.1, 0.15) is 5.69 Å². The molecule has 0 aliphatic rings. The van der Waals surface area contributed by atoms with E-state index < -0.39 is 10.8 Å². The molecular formula is C12H7Br2N3O3. The van der Waals surface area contributed by atoms with Crippen molar-refractivity contribution in [2.45, 2.75) is 0 Å². The first-order valence-corrected chi connectivity index (χ1v) is 6.93. The number of nitro benzene ring substituents is 1. The average molecular weight is 401 g/mol. The van der Waals surface area contributed by atoms with Crippen LogP contribution in [0.2, 0.25) is 0 Å². The Balaban J connectivity index is 2.18. The topological polar surface area (TPSA) is 85.1 Å². The summed E-state index contributed by atoms with van der Waals surface area (Å²) >= 11 is 6.32. The maximum atomic E-state index is 11.9. The van der Waals surface area contributed by atoms with Crippen LogP contribution in [0.1, 0.15) is 10.5 Å². The van der Waals surface area contributed by atoms with Crippen molar-refractivity contribution in [1.82, 2.24) is 4.98 Å². The van der Waals surface area contributed by atoms with E-state index in [-0.39, 0.29) is 11.4 Å². The number of benzene rings is 1. The van der Waals surface area contributed by atoms with Crippen LogP contribution >= 0.6 is 31.9 Å². The molecule has 0 atom stereocenters. The molecule has 1 amide bonds. The molecule has 8 heteroatoms. The maximum absolute atomic E-state index is 11.9. The Kier molecular flexibility index (Phi) is 4.46. The molecule has 0 aliphatic heterocycles. The van der Waals surface area contributed by atoms with Crippen molar-refractivity contribution in [1.29, 1.82) is 0 Å². The molecular weight excluding hydrogens is 394 g/mol. The summed E-state index contributed by atoms with van der Waals surface area (Å²) in [6.07, 6.45) is 1.51. The van der Waals surface area contributed by atoms with Crippen LogP contribution in [-0.4, -0.2) is 15.8 Å². The van der Waals surface area contributed by atoms with Gasteiger partial charge in [0, 0.05) is 22.4 Å². The number of rotatable bonds is 3. The highest BCUT2D eigenvalue weighted by Crippen LogP contribution is 2.27. The Morgan fingerprint density at radius 1 is 1.25 bits per heavy atom. The molecule has 1 N–H and O–H groups in total. The Bertz CT molecular complexity index is 674. The monoisotopic (exact) mass is 399 g/mol. The number of aromatic nitrogens is 1. The molecule has 0 spiro atoms. The van der Waals surface area contributed by atoms with Crippen molar-refractivity contribution in [2.24, 2.45) is 0 Å². The van der Waals surface area contributed by atoms with E-state index in [2.05, 4.69) is 42.2 Å². The minimum absolute atomic E-state index is 0.0650. The lowest BCUT2D eigenvalue weighted by molar-refractivity contribution is -0.385. The molecule has 2 rings (SSSR count). The van der Waals surface area contributed by atoms with E-state index in [1.807, 2.05) is 0 Å². The SMILES string of the molecule is O=C(Nc1ccc([N+](=O)[O-])c(Br)c1)c1ccc(Br)cn1. The van der Waals surface area contributed by atoms with E-state index in [0.717, 1.165) is 4.47 Å². The third-order valence-corrected chi connectivity index (χ3v) is 3.47. The molecule has 102 valence electrons. The number of hydrogen-bond acceptors (Lipinski definition) is 4. The second kappa shape index (κ2) is 6.10. The first-order chi connectivity index (χ1) is 9.47. The van der Waals surface area contributed by atoms with Crippen LogP contribution in [0.5, 0.6) is 0 Å². The van der Waals surface area contributed by atoms with E-state index >= 15 is 0 Å². The predicted molar refractivity (Wildman–Crippen MR) is 80.7 cm³/mol. The smallest absolute Gasteiger partial charge is 0.283 e. The summed E-state index contributed by atoms with van der Waals surface area (Å²) in [4.78, 5) is 26.1. The standard InChI is InChI=1S/C12H7Br2N3O3/c13-7-1-3-10(15-6-7)12(18)16-8-2-4-11(17(19)20)9(14)5-8/h1-6H,(H,16,18). The zero-order valence-corrected chi connectivity index (χ0v) is 13.0. The van der Waals surface area contributed by atoms with Gasteiger partial charge in [0.25, 0.3) is 11.6 Å². The maximum Gasteiger partial charge on any atom is 0.283 e. The number of amides is 1. The van der Waals surface area contributed by atoms with Crippen molar-refractivity contribution in [2.75, 3.05) is 5.32 Å². The molecule has 0 aliphatic carbocycles. The molecule has 1 heterocycles. The van der Waals surface area contributed by atoms with Crippen LogP contribution in [0.25, 0.3) is 0 Å². The summed E-state index contributed by atoms with van der Waals surface area (Å²) in [5, 5.41) is 13.3. The average Bonchev–Trinajstić information content (AvgIpc) is 2.39. The highest BCUT2D eigenvalue weighted by Gasteiger charge is 2.13. The fourth-order valence-electron chi connectivity index (χ4n) is 1.44. The van der Waals surface area contributed by atoms with Crippen molar-refractivity contribution < 1.29 is 9.72 Å². The van der Waals surface area contributed by atoms with Crippen LogP contribution in [0.4, 0.5) is 11.4 Å². The quantitative estimate of drug-likeness (QED) is 0.627. The lowest BCUT2D eigenvalue weighted by Gasteiger charge is -2.05. The molecule has 1 aromatic carbocycles. The van der Waals surface area contributed by atoms with E-state index in [4.69, 9.17) is 0 Å². The van der Waals surface area contributed by atoms with Gasteiger partial charge in [-0.2, -0.15) is 0 Å². The molecule has 0 saturated heterocycles. The Labute approximate surface area is 130 Å². The highest BCUT2D eigenvalue weighted by atomic mass is 79.9. The number of halogens is 2. The molecule has 1 aromatic heterocycles. The van der Waals surface area contributed by atoms with Gasteiger partial charge in [-0.25, -0.2) is 4.98 Å². The third kappa shape index (κ3) is 3.40. The predicted octanol–water partition coefficient (Wildman–Crippen LogP) is 3.77. The number of carbonyl (C=O) groups excluding carboxylic acids is 1. The van der Waals surface area contributed by atoms with Gasteiger partial charge >= 0.3 is 0 Å². The molecule has 0 saturated carbocycles. The van der Waals surface area contributed by atoms with Gasteiger partial charge in [-0.15, -0.1) is 0 Å². The first-order valence-electron chi connectivity index (χ1n) is 5.34. The molecule has 0 unspecified atom stereocenters. The van der Waals surface area contributed by atoms with Gasteiger partial charge in [0.15, 0.2) is 0 Å². The van der Waals surface area contributed by atoms with Crippen molar-refractivity contribution in [3.63, 3.8) is 0 Å². The van der Waals surface area contributed by atoms with Crippen LogP contribution in [0.3, 0.4) is 0 Å². The van der Waals surface area contributed by atoms with Gasteiger partial charge in [-0.3, -0.25) is 14.9 Å². The zero-order chi connectivity index (χ0) is 14.7. The summed E-state index contributed by atoms with van der Waals surface area (Å²) in [7, 11) is 0. The van der Waals surface area contributed by atoms with Crippen molar-refractivity contribution in [3.8, 4) is 0 Å². The van der Waals surface area contributed by atoms with E-state index in [9.17, 15) is 14.9 Å². The summed E-state index contributed by atoms with van der Waals surface area (Å²) in [5.74, 6) is -0.391. The summed E-state index contributed by atoms with van der Waals surface area (Å²) in [5.41, 5.74) is 0.629. The summed E-state index contributed by atoms with van der Waals surface area (Å²) in [6, 6.07) is 7.51. The van der Waals surface area contributed by atoms with Crippen molar-refractivity contribution >= 4 is 49.1 Å². The molecule has 2 aromatic rings. The van der Waals surface area contributed by atoms with Crippen LogP contribution in [0.15, 0.2) is 45.5 Å². The normalized spacial score (nSPS) is 10.1. The summed E-state index contributed by atoms with van der Waals surface area (Å²) in [6.45, 7) is 0. The fraction of sp³-hybridized carbons (Fsp3) is 0. The Morgan fingerprint density at radius 2 is 2.00 bits per heavy atom. The molecule has 0 radical (unpaired) electrons. The largest absolute Gasteiger partial charge is 0.321 e. The number of anilines is 1. The van der Waals surface area contributed by atoms with Gasteiger partial charge < -0.3 is 5.32 Å². The molecule has 6 nitrogen and oxygen atoms in total. The van der Waals surface area contributed by atoms with Gasteiger partial charge in [-0.05, 0) is 56.1 Å². The van der Waals surface area contributed by atoms with E-state index in [0.29, 0.717) is 10.2 Å². The zero-order valence-electron chi connectivity index (χ0n) is 9.84. The third-order valence-electron chi connectivity index (χ3n) is 2.36. The van der Waals surface area contributed by atoms with Crippen LogP contribution in [-0.2, 0) is 0 Å². The number of carbonyl (C=O) groups is 1. The fourth-order valence-corrected chi connectivity index (χ4v) is 2.20. The number of pyridine rings is 1. The second-order valence-corrected chi connectivity index (χ2v) is 5.51. The molecule has 0 fully saturated rings. The van der Waals surface area contributed by atoms with Gasteiger partial charge in [0.05, 0.1) is 9.40 Å². The minimum atomic E-state index is -0.508. The molecule has 0 bridgehead atoms. The number of hydrogen-bond donors (Lipinski definition) is 1. The second-order valence-electron chi connectivity index (χ2n) is 3.74. The first kappa shape index (κ1) is 14.6. The van der Waals surface area contributed by atoms with Crippen molar-refractivity contribution in [3.05, 3.63) is 61.3 Å². The van der Waals surface area contributed by atoms with E-state index in [1.54, 1.807) is 12.1 Å².